The van der Waals surface area contributed by atoms with Crippen LogP contribution in [-0.4, -0.2) is 88.5 Å². The number of imidazole rings is 1. The van der Waals surface area contributed by atoms with Gasteiger partial charge in [0.15, 0.2) is 6.10 Å². The number of H-pyrrole nitrogens is 1. The predicted molar refractivity (Wildman–Crippen MR) is 170 cm³/mol. The predicted octanol–water partition coefficient (Wildman–Crippen LogP) is 3.77. The number of aromatic amines is 1. The summed E-state index contributed by atoms with van der Waals surface area (Å²) in [4.78, 5) is 49.5. The Balaban J connectivity index is 1.50. The smallest absolute Gasteiger partial charge is 0.410 e. The van der Waals surface area contributed by atoms with E-state index in [1.54, 1.807) is 6.20 Å². The minimum absolute atomic E-state index is 0.161. The van der Waals surface area contributed by atoms with Gasteiger partial charge in [0.05, 0.1) is 25.6 Å². The van der Waals surface area contributed by atoms with E-state index in [4.69, 9.17) is 9.47 Å². The number of aromatic nitrogens is 2. The number of carbonyl (C=O) groups is 3. The van der Waals surface area contributed by atoms with Gasteiger partial charge >= 0.3 is 6.09 Å². The molecule has 4 atom stereocenters. The van der Waals surface area contributed by atoms with Gasteiger partial charge in [-0.3, -0.25) is 9.59 Å². The van der Waals surface area contributed by atoms with Crippen molar-refractivity contribution in [2.75, 3.05) is 26.3 Å². The van der Waals surface area contributed by atoms with E-state index in [1.165, 1.54) is 17.6 Å². The maximum Gasteiger partial charge on any atom is 0.410 e. The Hall–Kier alpha value is -3.44. The molecule has 0 bridgehead atoms. The lowest BCUT2D eigenvalue weighted by Crippen LogP contribution is -2.55. The van der Waals surface area contributed by atoms with Gasteiger partial charge in [-0.15, -0.1) is 0 Å². The van der Waals surface area contributed by atoms with Crippen LogP contribution in [0.15, 0.2) is 42.9 Å². The van der Waals surface area contributed by atoms with Crippen molar-refractivity contribution in [3.05, 3.63) is 54.1 Å². The molecule has 0 spiro atoms. The number of amides is 3. The first kappa shape index (κ1) is 34.4. The van der Waals surface area contributed by atoms with E-state index in [0.717, 1.165) is 37.7 Å². The molecule has 4 N–H and O–H groups in total. The number of aliphatic hydroxyl groups excluding tert-OH is 1. The molecule has 11 heteroatoms. The zero-order valence-electron chi connectivity index (χ0n) is 26.8. The molecule has 248 valence electrons. The summed E-state index contributed by atoms with van der Waals surface area (Å²) in [6.07, 6.45) is 8.69. The van der Waals surface area contributed by atoms with Crippen molar-refractivity contribution in [2.24, 2.45) is 11.8 Å². The number of nitrogens with zero attached hydrogens (tertiary/aromatic N) is 2. The second-order valence-electron chi connectivity index (χ2n) is 12.9. The third-order valence-corrected chi connectivity index (χ3v) is 8.83. The number of aliphatic hydroxyl groups is 1. The van der Waals surface area contributed by atoms with Crippen molar-refractivity contribution in [2.45, 2.75) is 102 Å². The van der Waals surface area contributed by atoms with Gasteiger partial charge in [0.2, 0.25) is 5.91 Å². The van der Waals surface area contributed by atoms with E-state index in [0.29, 0.717) is 50.8 Å². The van der Waals surface area contributed by atoms with Crippen molar-refractivity contribution >= 4 is 17.9 Å². The third-order valence-electron chi connectivity index (χ3n) is 8.83. The van der Waals surface area contributed by atoms with Gasteiger partial charge in [-0.1, -0.05) is 63.4 Å². The average Bonchev–Trinajstić information content (AvgIpc) is 3.57. The highest BCUT2D eigenvalue weighted by Gasteiger charge is 2.33. The van der Waals surface area contributed by atoms with E-state index in [1.807, 2.05) is 30.3 Å². The third kappa shape index (κ3) is 11.5. The van der Waals surface area contributed by atoms with Crippen molar-refractivity contribution in [1.29, 1.82) is 0 Å². The number of morpholine rings is 1. The maximum atomic E-state index is 14.0. The maximum absolute atomic E-state index is 14.0. The molecule has 11 nitrogen and oxygen atoms in total. The second kappa shape index (κ2) is 17.9. The number of hydrogen-bond donors (Lipinski definition) is 4. The van der Waals surface area contributed by atoms with Gasteiger partial charge in [0, 0.05) is 43.9 Å². The lowest BCUT2D eigenvalue weighted by molar-refractivity contribution is -0.135. The molecule has 1 aliphatic carbocycles. The minimum atomic E-state index is -1.15. The first-order valence-corrected chi connectivity index (χ1v) is 16.6. The number of nitrogens with one attached hydrogen (secondary N) is 3. The number of benzene rings is 1. The molecule has 3 amide bonds. The number of ether oxygens (including phenoxy) is 2. The average molecular weight is 626 g/mol. The van der Waals surface area contributed by atoms with Crippen LogP contribution in [0.3, 0.4) is 0 Å². The molecule has 2 heterocycles. The Morgan fingerprint density at radius 1 is 1.02 bits per heavy atom. The molecule has 1 saturated heterocycles. The molecule has 1 aromatic heterocycles. The SMILES string of the molecule is CC(C)CC[C@H](O)CC(NC(=O)[C@H](Cc1cnc[nH]1)NC(=O)[C@H](Cc1ccccc1)OC(=O)N1CCOCC1)C1CCCCC1. The number of hydrogen-bond acceptors (Lipinski definition) is 7. The molecular formula is C34H51N5O6. The van der Waals surface area contributed by atoms with Gasteiger partial charge in [-0.25, -0.2) is 9.78 Å². The fourth-order valence-electron chi connectivity index (χ4n) is 6.17. The van der Waals surface area contributed by atoms with Gasteiger partial charge < -0.3 is 35.1 Å². The number of rotatable bonds is 15. The van der Waals surface area contributed by atoms with Crippen LogP contribution in [0.4, 0.5) is 4.79 Å². The largest absolute Gasteiger partial charge is 0.436 e. The Labute approximate surface area is 266 Å². The van der Waals surface area contributed by atoms with Gasteiger partial charge in [0.25, 0.3) is 5.91 Å². The van der Waals surface area contributed by atoms with E-state index in [9.17, 15) is 19.5 Å². The summed E-state index contributed by atoms with van der Waals surface area (Å²) < 4.78 is 11.1. The lowest BCUT2D eigenvalue weighted by Gasteiger charge is -2.34. The number of carbonyl (C=O) groups excluding carboxylic acids is 3. The Kier molecular flexibility index (Phi) is 13.7. The van der Waals surface area contributed by atoms with Crippen LogP contribution >= 0.6 is 0 Å². The second-order valence-corrected chi connectivity index (χ2v) is 12.9. The fourth-order valence-corrected chi connectivity index (χ4v) is 6.17. The van der Waals surface area contributed by atoms with Crippen LogP contribution in [0.1, 0.15) is 76.5 Å². The summed E-state index contributed by atoms with van der Waals surface area (Å²) in [6.45, 7) is 5.86. The molecule has 2 aromatic rings. The van der Waals surface area contributed by atoms with Crippen LogP contribution in [0.25, 0.3) is 0 Å². The van der Waals surface area contributed by atoms with Gasteiger partial charge in [-0.05, 0) is 49.5 Å². The zero-order chi connectivity index (χ0) is 32.0. The molecule has 1 aromatic carbocycles. The van der Waals surface area contributed by atoms with Crippen molar-refractivity contribution in [3.63, 3.8) is 0 Å². The van der Waals surface area contributed by atoms with Crippen molar-refractivity contribution < 1.29 is 29.0 Å². The normalized spacial score (nSPS) is 18.5. The first-order valence-electron chi connectivity index (χ1n) is 16.6. The van der Waals surface area contributed by atoms with Crippen LogP contribution < -0.4 is 10.6 Å². The molecule has 1 aliphatic heterocycles. The van der Waals surface area contributed by atoms with Crippen LogP contribution in [0.2, 0.25) is 0 Å². The molecule has 0 radical (unpaired) electrons. The van der Waals surface area contributed by atoms with E-state index in [-0.39, 0.29) is 30.7 Å². The summed E-state index contributed by atoms with van der Waals surface area (Å²) in [5.74, 6) is -0.133. The van der Waals surface area contributed by atoms with Crippen LogP contribution in [-0.2, 0) is 31.9 Å². The monoisotopic (exact) mass is 625 g/mol. The molecule has 2 aliphatic rings. The zero-order valence-corrected chi connectivity index (χ0v) is 26.8. The highest BCUT2D eigenvalue weighted by atomic mass is 16.6. The van der Waals surface area contributed by atoms with E-state index < -0.39 is 30.3 Å². The topological polar surface area (TPSA) is 146 Å². The molecule has 1 unspecified atom stereocenters. The highest BCUT2D eigenvalue weighted by Crippen LogP contribution is 2.29. The Bertz CT molecular complexity index is 1170. The summed E-state index contributed by atoms with van der Waals surface area (Å²) in [7, 11) is 0. The summed E-state index contributed by atoms with van der Waals surface area (Å²) in [6, 6.07) is 8.20. The molecule has 1 saturated carbocycles. The molecular weight excluding hydrogens is 574 g/mol. The standard InChI is InChI=1S/C34H51N5O6/c1-24(2)13-14-28(40)21-29(26-11-7-4-8-12-26)37-32(41)30(20-27-22-35-23-36-27)38-33(42)31(19-25-9-5-3-6-10-25)45-34(43)39-15-17-44-18-16-39/h3,5-6,9-10,22-24,26,28-31,40H,4,7-8,11-21H2,1-2H3,(H,35,36)(H,37,41)(H,38,42)/t28-,29?,30-,31-/m0/s1. The van der Waals surface area contributed by atoms with Crippen LogP contribution in [0, 0.1) is 11.8 Å². The minimum Gasteiger partial charge on any atom is -0.436 e. The van der Waals surface area contributed by atoms with E-state index >= 15 is 0 Å². The molecule has 4 rings (SSSR count). The summed E-state index contributed by atoms with van der Waals surface area (Å²) in [5, 5.41) is 17.0. The quantitative estimate of drug-likeness (QED) is 0.236. The van der Waals surface area contributed by atoms with Gasteiger partial charge in [-0.2, -0.15) is 0 Å². The Morgan fingerprint density at radius 2 is 1.76 bits per heavy atom. The van der Waals surface area contributed by atoms with Crippen LogP contribution in [0.5, 0.6) is 0 Å². The van der Waals surface area contributed by atoms with E-state index in [2.05, 4.69) is 34.4 Å². The lowest BCUT2D eigenvalue weighted by atomic mass is 9.81. The first-order chi connectivity index (χ1) is 21.8. The fraction of sp³-hybridized carbons (Fsp3) is 0.647. The van der Waals surface area contributed by atoms with Crippen molar-refractivity contribution in [3.8, 4) is 0 Å². The Morgan fingerprint density at radius 3 is 2.42 bits per heavy atom. The van der Waals surface area contributed by atoms with Gasteiger partial charge in [0.1, 0.15) is 6.04 Å². The van der Waals surface area contributed by atoms with Crippen molar-refractivity contribution in [1.82, 2.24) is 25.5 Å². The summed E-state index contributed by atoms with van der Waals surface area (Å²) >= 11 is 0. The molecule has 45 heavy (non-hydrogen) atoms. The highest BCUT2D eigenvalue weighted by molar-refractivity contribution is 5.90. The summed E-state index contributed by atoms with van der Waals surface area (Å²) in [5.41, 5.74) is 1.52. The molecule has 2 fully saturated rings.